The highest BCUT2D eigenvalue weighted by Gasteiger charge is 2.36. The first-order valence-electron chi connectivity index (χ1n) is 11.1. The zero-order valence-electron chi connectivity index (χ0n) is 19.6. The van der Waals surface area contributed by atoms with Crippen LogP contribution >= 0.6 is 0 Å². The maximum atomic E-state index is 12.8. The van der Waals surface area contributed by atoms with Gasteiger partial charge in [0.05, 0.1) is 44.5 Å². The lowest BCUT2D eigenvalue weighted by Crippen LogP contribution is -2.57. The average Bonchev–Trinajstić information content (AvgIpc) is 2.73. The van der Waals surface area contributed by atoms with Gasteiger partial charge in [-0.2, -0.15) is 0 Å². The Balaban J connectivity index is 1.80. The summed E-state index contributed by atoms with van der Waals surface area (Å²) in [6, 6.07) is 0. The molecule has 2 unspecified atom stereocenters. The van der Waals surface area contributed by atoms with Gasteiger partial charge in [-0.15, -0.1) is 0 Å². The first-order valence-corrected chi connectivity index (χ1v) is 11.1. The second-order valence-corrected chi connectivity index (χ2v) is 9.53. The SMILES string of the molecule is CN(CC1COCCO1)C(C)(C)C(=O)NC(=O)CC(=N)C(C)(C)COC1CCCCO1. The number of carbonyl (C=O) groups excluding carboxylic acids is 2. The monoisotopic (exact) mass is 441 g/mol. The zero-order chi connectivity index (χ0) is 23.1. The largest absolute Gasteiger partial charge is 0.376 e. The van der Waals surface area contributed by atoms with E-state index in [1.54, 1.807) is 13.8 Å². The molecule has 2 N–H and O–H groups in total. The fraction of sp³-hybridized carbons (Fsp3) is 0.864. The van der Waals surface area contributed by atoms with Crippen LogP contribution in [0.3, 0.4) is 0 Å². The molecule has 9 heteroatoms. The molecule has 2 amide bonds. The molecule has 0 spiro atoms. The molecule has 0 radical (unpaired) electrons. The molecule has 0 saturated carbocycles. The van der Waals surface area contributed by atoms with E-state index in [0.717, 1.165) is 19.3 Å². The first kappa shape index (κ1) is 25.9. The van der Waals surface area contributed by atoms with Gasteiger partial charge in [0.2, 0.25) is 11.8 Å². The number of imide groups is 1. The van der Waals surface area contributed by atoms with Crippen molar-refractivity contribution in [2.75, 3.05) is 46.6 Å². The molecule has 0 aromatic carbocycles. The summed E-state index contributed by atoms with van der Waals surface area (Å²) in [7, 11) is 1.82. The number of ether oxygens (including phenoxy) is 4. The normalized spacial score (nSPS) is 22.9. The van der Waals surface area contributed by atoms with Crippen LogP contribution in [-0.4, -0.2) is 87.0 Å². The van der Waals surface area contributed by atoms with Gasteiger partial charge in [0.1, 0.15) is 0 Å². The van der Waals surface area contributed by atoms with E-state index < -0.39 is 22.8 Å². The summed E-state index contributed by atoms with van der Waals surface area (Å²) < 4.78 is 22.4. The number of hydrogen-bond acceptors (Lipinski definition) is 8. The lowest BCUT2D eigenvalue weighted by molar-refractivity contribution is -0.171. The molecule has 2 atom stereocenters. The van der Waals surface area contributed by atoms with Crippen molar-refractivity contribution < 1.29 is 28.5 Å². The molecule has 31 heavy (non-hydrogen) atoms. The molecule has 2 aliphatic heterocycles. The van der Waals surface area contributed by atoms with Gasteiger partial charge in [0, 0.05) is 24.3 Å². The molecular weight excluding hydrogens is 402 g/mol. The Labute approximate surface area is 185 Å². The molecular formula is C22H39N3O6. The molecule has 2 saturated heterocycles. The number of nitrogens with one attached hydrogen (secondary N) is 2. The van der Waals surface area contributed by atoms with Crippen molar-refractivity contribution in [3.8, 4) is 0 Å². The molecule has 0 aromatic heterocycles. The second kappa shape index (κ2) is 11.5. The summed E-state index contributed by atoms with van der Waals surface area (Å²) >= 11 is 0. The maximum Gasteiger partial charge on any atom is 0.246 e. The third-order valence-corrected chi connectivity index (χ3v) is 6.05. The van der Waals surface area contributed by atoms with E-state index in [4.69, 9.17) is 24.4 Å². The Hall–Kier alpha value is -1.39. The fourth-order valence-corrected chi connectivity index (χ4v) is 3.30. The molecule has 2 heterocycles. The van der Waals surface area contributed by atoms with Gasteiger partial charge in [0.25, 0.3) is 0 Å². The summed E-state index contributed by atoms with van der Waals surface area (Å²) in [6.45, 7) is 10.3. The van der Waals surface area contributed by atoms with Crippen LogP contribution in [0.4, 0.5) is 0 Å². The van der Waals surface area contributed by atoms with Gasteiger partial charge < -0.3 is 24.4 Å². The van der Waals surface area contributed by atoms with Crippen molar-refractivity contribution in [1.29, 1.82) is 5.41 Å². The summed E-state index contributed by atoms with van der Waals surface area (Å²) in [5.74, 6) is -0.898. The van der Waals surface area contributed by atoms with E-state index in [9.17, 15) is 9.59 Å². The summed E-state index contributed by atoms with van der Waals surface area (Å²) in [5, 5.41) is 10.8. The molecule has 0 aliphatic carbocycles. The Bertz CT molecular complexity index is 625. The fourth-order valence-electron chi connectivity index (χ4n) is 3.30. The lowest BCUT2D eigenvalue weighted by Gasteiger charge is -2.37. The van der Waals surface area contributed by atoms with Crippen LogP contribution in [0.5, 0.6) is 0 Å². The minimum atomic E-state index is -0.921. The van der Waals surface area contributed by atoms with E-state index >= 15 is 0 Å². The Morgan fingerprint density at radius 1 is 1.13 bits per heavy atom. The van der Waals surface area contributed by atoms with Gasteiger partial charge >= 0.3 is 0 Å². The highest BCUT2D eigenvalue weighted by molar-refractivity contribution is 6.08. The van der Waals surface area contributed by atoms with Crippen molar-refractivity contribution >= 4 is 17.5 Å². The van der Waals surface area contributed by atoms with Crippen LogP contribution in [0.25, 0.3) is 0 Å². The molecule has 0 bridgehead atoms. The van der Waals surface area contributed by atoms with E-state index in [1.807, 2.05) is 25.8 Å². The highest BCUT2D eigenvalue weighted by atomic mass is 16.7. The summed E-state index contributed by atoms with van der Waals surface area (Å²) in [6.07, 6.45) is 2.44. The minimum Gasteiger partial charge on any atom is -0.376 e. The van der Waals surface area contributed by atoms with E-state index in [0.29, 0.717) is 33.0 Å². The number of carbonyl (C=O) groups is 2. The summed E-state index contributed by atoms with van der Waals surface area (Å²) in [4.78, 5) is 27.1. The van der Waals surface area contributed by atoms with Crippen molar-refractivity contribution in [3.63, 3.8) is 0 Å². The number of hydrogen-bond donors (Lipinski definition) is 2. The first-order chi connectivity index (χ1) is 14.5. The quantitative estimate of drug-likeness (QED) is 0.497. The van der Waals surface area contributed by atoms with Crippen molar-refractivity contribution in [3.05, 3.63) is 0 Å². The van der Waals surface area contributed by atoms with Gasteiger partial charge in [0.15, 0.2) is 6.29 Å². The lowest BCUT2D eigenvalue weighted by atomic mass is 9.86. The van der Waals surface area contributed by atoms with Crippen LogP contribution in [-0.2, 0) is 28.5 Å². The van der Waals surface area contributed by atoms with Crippen molar-refractivity contribution in [2.24, 2.45) is 5.41 Å². The third-order valence-electron chi connectivity index (χ3n) is 6.05. The Kier molecular flexibility index (Phi) is 9.57. The molecule has 0 aromatic rings. The predicted molar refractivity (Wildman–Crippen MR) is 116 cm³/mol. The summed E-state index contributed by atoms with van der Waals surface area (Å²) in [5.41, 5.74) is -1.34. The van der Waals surface area contributed by atoms with Gasteiger partial charge in [-0.05, 0) is 40.2 Å². The molecule has 9 nitrogen and oxygen atoms in total. The zero-order valence-corrected chi connectivity index (χ0v) is 19.6. The topological polar surface area (TPSA) is 110 Å². The Morgan fingerprint density at radius 2 is 1.87 bits per heavy atom. The standard InChI is InChI=1S/C22H39N3O6/c1-21(2,15-31-19-8-6-7-9-30-19)17(23)12-18(26)24-20(27)22(3,4)25(5)13-16-14-28-10-11-29-16/h16,19,23H,6-15H2,1-5H3,(H,24,26,27). The van der Waals surface area contributed by atoms with Gasteiger partial charge in [-0.25, -0.2) is 0 Å². The highest BCUT2D eigenvalue weighted by Crippen LogP contribution is 2.23. The second-order valence-electron chi connectivity index (χ2n) is 9.53. The average molecular weight is 442 g/mol. The number of likely N-dealkylation sites (N-methyl/N-ethyl adjacent to an activating group) is 1. The predicted octanol–water partition coefficient (Wildman–Crippen LogP) is 1.73. The molecule has 2 aliphatic rings. The molecule has 178 valence electrons. The number of rotatable bonds is 10. The van der Waals surface area contributed by atoms with Gasteiger partial charge in [-0.1, -0.05) is 13.8 Å². The molecule has 2 rings (SSSR count). The van der Waals surface area contributed by atoms with Crippen molar-refractivity contribution in [1.82, 2.24) is 10.2 Å². The van der Waals surface area contributed by atoms with E-state index in [1.165, 1.54) is 0 Å². The van der Waals surface area contributed by atoms with Crippen LogP contribution in [0.15, 0.2) is 0 Å². The van der Waals surface area contributed by atoms with Gasteiger partial charge in [-0.3, -0.25) is 19.8 Å². The molecule has 2 fully saturated rings. The number of nitrogens with zero attached hydrogens (tertiary/aromatic N) is 1. The maximum absolute atomic E-state index is 12.8. The van der Waals surface area contributed by atoms with Crippen LogP contribution in [0.2, 0.25) is 0 Å². The van der Waals surface area contributed by atoms with Crippen LogP contribution in [0, 0.1) is 10.8 Å². The van der Waals surface area contributed by atoms with Crippen LogP contribution in [0.1, 0.15) is 53.4 Å². The van der Waals surface area contributed by atoms with Crippen LogP contribution < -0.4 is 5.32 Å². The smallest absolute Gasteiger partial charge is 0.246 e. The van der Waals surface area contributed by atoms with E-state index in [2.05, 4.69) is 5.32 Å². The minimum absolute atomic E-state index is 0.108. The number of amides is 2. The third kappa shape index (κ3) is 7.91. The Morgan fingerprint density at radius 3 is 2.48 bits per heavy atom. The van der Waals surface area contributed by atoms with E-state index in [-0.39, 0.29) is 31.1 Å². The van der Waals surface area contributed by atoms with Crippen molar-refractivity contribution in [2.45, 2.75) is 71.3 Å².